The molecule has 0 amide bonds. The predicted molar refractivity (Wildman–Crippen MR) is 128 cm³/mol. The lowest BCUT2D eigenvalue weighted by molar-refractivity contribution is -0.137. The molecule has 1 aromatic rings. The molecular formula is C27H41N3O3. The maximum Gasteiger partial charge on any atom is 0.197 e. The summed E-state index contributed by atoms with van der Waals surface area (Å²) in [5.74, 6) is 5.02. The van der Waals surface area contributed by atoms with E-state index in [9.17, 15) is 4.79 Å². The zero-order valence-corrected chi connectivity index (χ0v) is 20.9. The molecule has 4 unspecified atom stereocenters. The molecule has 0 N–H and O–H groups in total. The zero-order chi connectivity index (χ0) is 23.2. The highest BCUT2D eigenvalue weighted by Gasteiger charge is 2.60. The lowest BCUT2D eigenvalue weighted by Crippen LogP contribution is -2.53. The minimum absolute atomic E-state index is 0.0183. The van der Waals surface area contributed by atoms with Gasteiger partial charge in [0.05, 0.1) is 24.9 Å². The molecule has 0 aromatic carbocycles. The van der Waals surface area contributed by atoms with E-state index in [-0.39, 0.29) is 5.41 Å². The molecule has 33 heavy (non-hydrogen) atoms. The van der Waals surface area contributed by atoms with Crippen molar-refractivity contribution >= 4 is 11.5 Å². The normalized spacial score (nSPS) is 39.4. The van der Waals surface area contributed by atoms with Gasteiger partial charge in [0.25, 0.3) is 0 Å². The second-order valence-corrected chi connectivity index (χ2v) is 12.0. The molecule has 0 aliphatic heterocycles. The molecule has 0 saturated heterocycles. The summed E-state index contributed by atoms with van der Waals surface area (Å²) in [6.45, 7) is 6.10. The van der Waals surface area contributed by atoms with Crippen molar-refractivity contribution < 1.29 is 14.0 Å². The highest BCUT2D eigenvalue weighted by atomic mass is 16.6. The van der Waals surface area contributed by atoms with Crippen LogP contribution < -0.4 is 0 Å². The number of carbonyl (C=O) groups is 1. The van der Waals surface area contributed by atoms with Gasteiger partial charge in [0.15, 0.2) is 5.89 Å². The number of rotatable bonds is 6. The Morgan fingerprint density at radius 1 is 1.15 bits per heavy atom. The van der Waals surface area contributed by atoms with Gasteiger partial charge in [-0.25, -0.2) is 4.98 Å². The summed E-state index contributed by atoms with van der Waals surface area (Å²) < 4.78 is 5.76. The fourth-order valence-electron chi connectivity index (χ4n) is 8.03. The van der Waals surface area contributed by atoms with Gasteiger partial charge in [-0.3, -0.25) is 4.79 Å². The van der Waals surface area contributed by atoms with Crippen LogP contribution in [0.4, 0.5) is 0 Å². The first-order valence-corrected chi connectivity index (χ1v) is 13.1. The molecule has 6 nitrogen and oxygen atoms in total. The Bertz CT molecular complexity index is 908. The number of fused-ring (bicyclic) bond motifs is 5. The Hall–Kier alpha value is -1.69. The molecule has 4 saturated carbocycles. The fraction of sp³-hybridized carbons (Fsp3) is 0.815. The molecule has 5 rings (SSSR count). The van der Waals surface area contributed by atoms with Crippen LogP contribution in [0.2, 0.25) is 0 Å². The molecular weight excluding hydrogens is 414 g/mol. The standard InChI is InChI=1S/C27H41N3O3/c1-26-12-9-19(29-32-14-11-25-28-16-20(33-25)17-30(3)4)15-18(26)5-6-21-22-7-8-24(31)27(22,2)13-10-23(21)26/h16,18,21-23H,5-15,17H2,1-4H3/b29-19-/t18?,21?,22?,23?,26-,27-/m0/s1. The van der Waals surface area contributed by atoms with Crippen molar-refractivity contribution in [3.8, 4) is 0 Å². The van der Waals surface area contributed by atoms with E-state index < -0.39 is 0 Å². The minimum atomic E-state index is -0.0183. The smallest absolute Gasteiger partial charge is 0.197 e. The molecule has 6 heteroatoms. The van der Waals surface area contributed by atoms with Crippen molar-refractivity contribution in [1.29, 1.82) is 0 Å². The van der Waals surface area contributed by atoms with Crippen molar-refractivity contribution in [2.45, 2.75) is 84.6 Å². The van der Waals surface area contributed by atoms with Gasteiger partial charge in [0.2, 0.25) is 0 Å². The van der Waals surface area contributed by atoms with Crippen LogP contribution in [0.3, 0.4) is 0 Å². The molecule has 0 bridgehead atoms. The van der Waals surface area contributed by atoms with Crippen molar-refractivity contribution in [2.24, 2.45) is 39.7 Å². The van der Waals surface area contributed by atoms with Crippen molar-refractivity contribution in [2.75, 3.05) is 20.7 Å². The summed E-state index contributed by atoms with van der Waals surface area (Å²) in [5.41, 5.74) is 1.61. The highest BCUT2D eigenvalue weighted by molar-refractivity contribution is 5.87. The Labute approximate surface area is 198 Å². The van der Waals surface area contributed by atoms with Gasteiger partial charge >= 0.3 is 0 Å². The highest BCUT2D eigenvalue weighted by Crippen LogP contribution is 2.65. The largest absolute Gasteiger partial charge is 0.444 e. The number of oxazole rings is 1. The Morgan fingerprint density at radius 2 is 2.00 bits per heavy atom. The summed E-state index contributed by atoms with van der Waals surface area (Å²) in [4.78, 5) is 24.7. The SMILES string of the molecule is CN(C)Cc1cnc(CCO/N=C2/CC[C@@]3(C)C(CCC4C3CC[C@]3(C)C(=O)CCC43)C2)o1. The predicted octanol–water partition coefficient (Wildman–Crippen LogP) is 5.26. The van der Waals surface area contributed by atoms with Crippen LogP contribution in [0.1, 0.15) is 83.3 Å². The van der Waals surface area contributed by atoms with Gasteiger partial charge < -0.3 is 14.2 Å². The van der Waals surface area contributed by atoms with Crippen molar-refractivity contribution in [1.82, 2.24) is 9.88 Å². The first kappa shape index (κ1) is 23.1. The molecule has 4 aliphatic carbocycles. The van der Waals surface area contributed by atoms with Crippen LogP contribution in [0.25, 0.3) is 0 Å². The van der Waals surface area contributed by atoms with Gasteiger partial charge in [-0.2, -0.15) is 0 Å². The summed E-state index contributed by atoms with van der Waals surface area (Å²) in [6, 6.07) is 0. The van der Waals surface area contributed by atoms with Crippen LogP contribution in [0.5, 0.6) is 0 Å². The molecule has 1 aromatic heterocycles. The number of hydrogen-bond donors (Lipinski definition) is 0. The van der Waals surface area contributed by atoms with Crippen LogP contribution in [0, 0.1) is 34.5 Å². The summed E-state index contributed by atoms with van der Waals surface area (Å²) >= 11 is 0. The van der Waals surface area contributed by atoms with Gasteiger partial charge in [-0.15, -0.1) is 0 Å². The van der Waals surface area contributed by atoms with Crippen LogP contribution >= 0.6 is 0 Å². The first-order chi connectivity index (χ1) is 15.8. The Balaban J connectivity index is 1.16. The third kappa shape index (κ3) is 4.17. The quantitative estimate of drug-likeness (QED) is 0.432. The van der Waals surface area contributed by atoms with E-state index in [0.717, 1.165) is 62.1 Å². The molecule has 0 radical (unpaired) electrons. The maximum atomic E-state index is 12.6. The van der Waals surface area contributed by atoms with E-state index in [1.54, 1.807) is 6.20 Å². The molecule has 182 valence electrons. The van der Waals surface area contributed by atoms with E-state index >= 15 is 0 Å². The average molecular weight is 456 g/mol. The molecule has 0 spiro atoms. The monoisotopic (exact) mass is 455 g/mol. The lowest BCUT2D eigenvalue weighted by atomic mass is 9.45. The third-order valence-electron chi connectivity index (χ3n) is 9.88. The van der Waals surface area contributed by atoms with Crippen LogP contribution in [-0.2, 0) is 22.6 Å². The average Bonchev–Trinajstić information content (AvgIpc) is 3.34. The molecule has 4 fully saturated rings. The van der Waals surface area contributed by atoms with Gasteiger partial charge in [-0.1, -0.05) is 19.0 Å². The second-order valence-electron chi connectivity index (χ2n) is 12.0. The fourth-order valence-corrected chi connectivity index (χ4v) is 8.03. The van der Waals surface area contributed by atoms with Crippen LogP contribution in [-0.4, -0.2) is 42.1 Å². The summed E-state index contributed by atoms with van der Waals surface area (Å²) in [5, 5.41) is 4.55. The van der Waals surface area contributed by atoms with E-state index in [0.29, 0.717) is 36.1 Å². The lowest BCUT2D eigenvalue weighted by Gasteiger charge is -2.59. The third-order valence-corrected chi connectivity index (χ3v) is 9.88. The first-order valence-electron chi connectivity index (χ1n) is 13.1. The van der Waals surface area contributed by atoms with E-state index in [1.165, 1.54) is 31.4 Å². The number of carbonyl (C=O) groups excluding carboxylic acids is 1. The maximum absolute atomic E-state index is 12.6. The number of Topliss-reactive ketones (excluding diaryl/α,β-unsaturated/α-hetero) is 1. The Kier molecular flexibility index (Phi) is 6.17. The van der Waals surface area contributed by atoms with E-state index in [4.69, 9.17) is 9.25 Å². The van der Waals surface area contributed by atoms with E-state index in [2.05, 4.69) is 28.9 Å². The Morgan fingerprint density at radius 3 is 2.82 bits per heavy atom. The van der Waals surface area contributed by atoms with Gasteiger partial charge in [0, 0.05) is 11.8 Å². The van der Waals surface area contributed by atoms with E-state index in [1.807, 2.05) is 14.1 Å². The summed E-state index contributed by atoms with van der Waals surface area (Å²) in [6.07, 6.45) is 12.7. The molecule has 1 heterocycles. The minimum Gasteiger partial charge on any atom is -0.444 e. The second kappa shape index (κ2) is 8.83. The molecule has 6 atom stereocenters. The summed E-state index contributed by atoms with van der Waals surface area (Å²) in [7, 11) is 4.04. The number of oxime groups is 1. The van der Waals surface area contributed by atoms with Crippen molar-refractivity contribution in [3.05, 3.63) is 17.8 Å². The van der Waals surface area contributed by atoms with Crippen LogP contribution in [0.15, 0.2) is 15.8 Å². The van der Waals surface area contributed by atoms with Gasteiger partial charge in [0.1, 0.15) is 18.2 Å². The number of aromatic nitrogens is 1. The number of hydrogen-bond acceptors (Lipinski definition) is 6. The number of nitrogens with zero attached hydrogens (tertiary/aromatic N) is 3. The van der Waals surface area contributed by atoms with Crippen molar-refractivity contribution in [3.63, 3.8) is 0 Å². The number of ketones is 1. The topological polar surface area (TPSA) is 67.9 Å². The van der Waals surface area contributed by atoms with Gasteiger partial charge in [-0.05, 0) is 94.5 Å². The zero-order valence-electron chi connectivity index (χ0n) is 20.9. The molecule has 4 aliphatic rings.